The first-order valence-electron chi connectivity index (χ1n) is 6.55. The summed E-state index contributed by atoms with van der Waals surface area (Å²) < 4.78 is 0. The van der Waals surface area contributed by atoms with E-state index in [2.05, 4.69) is 26.1 Å². The SMILES string of the molecule is CCCCCCCC(CC)CNCC. The largest absolute Gasteiger partial charge is 0.317 e. The standard InChI is InChI=1S/C13H29N/c1-4-7-8-9-10-11-13(5-2)12-14-6-3/h13-14H,4-12H2,1-3H3. The summed E-state index contributed by atoms with van der Waals surface area (Å²) in [6, 6.07) is 0. The highest BCUT2D eigenvalue weighted by atomic mass is 14.8. The molecule has 0 fully saturated rings. The van der Waals surface area contributed by atoms with Crippen LogP contribution >= 0.6 is 0 Å². The van der Waals surface area contributed by atoms with Crippen LogP contribution in [0.1, 0.15) is 65.7 Å². The Morgan fingerprint density at radius 3 is 2.21 bits per heavy atom. The lowest BCUT2D eigenvalue weighted by molar-refractivity contribution is 0.416. The third kappa shape index (κ3) is 8.55. The van der Waals surface area contributed by atoms with Crippen LogP contribution in [0.15, 0.2) is 0 Å². The predicted octanol–water partition coefficient (Wildman–Crippen LogP) is 3.98. The Labute approximate surface area is 90.7 Å². The molecule has 0 aromatic carbocycles. The molecule has 0 aliphatic heterocycles. The van der Waals surface area contributed by atoms with Crippen molar-refractivity contribution >= 4 is 0 Å². The second-order valence-electron chi connectivity index (χ2n) is 4.28. The molecule has 0 spiro atoms. The molecule has 86 valence electrons. The molecule has 1 atom stereocenters. The van der Waals surface area contributed by atoms with E-state index in [1.165, 1.54) is 51.5 Å². The van der Waals surface area contributed by atoms with E-state index in [0.29, 0.717) is 0 Å². The van der Waals surface area contributed by atoms with E-state index in [-0.39, 0.29) is 0 Å². The van der Waals surface area contributed by atoms with Gasteiger partial charge in [-0.2, -0.15) is 0 Å². The Hall–Kier alpha value is -0.0400. The molecule has 0 radical (unpaired) electrons. The van der Waals surface area contributed by atoms with Crippen molar-refractivity contribution in [1.29, 1.82) is 0 Å². The van der Waals surface area contributed by atoms with Crippen molar-refractivity contribution in [2.24, 2.45) is 5.92 Å². The molecule has 1 heteroatoms. The van der Waals surface area contributed by atoms with Crippen LogP contribution in [-0.4, -0.2) is 13.1 Å². The molecule has 0 aliphatic carbocycles. The van der Waals surface area contributed by atoms with E-state index in [1.54, 1.807) is 0 Å². The highest BCUT2D eigenvalue weighted by molar-refractivity contribution is 4.60. The van der Waals surface area contributed by atoms with Gasteiger partial charge in [-0.1, -0.05) is 59.3 Å². The van der Waals surface area contributed by atoms with Crippen molar-refractivity contribution < 1.29 is 0 Å². The second kappa shape index (κ2) is 11.0. The third-order valence-corrected chi connectivity index (χ3v) is 2.98. The quantitative estimate of drug-likeness (QED) is 0.525. The van der Waals surface area contributed by atoms with Gasteiger partial charge in [-0.15, -0.1) is 0 Å². The first kappa shape index (κ1) is 14.0. The first-order chi connectivity index (χ1) is 6.85. The van der Waals surface area contributed by atoms with Crippen molar-refractivity contribution in [3.8, 4) is 0 Å². The van der Waals surface area contributed by atoms with Gasteiger partial charge in [0.25, 0.3) is 0 Å². The number of unbranched alkanes of at least 4 members (excludes halogenated alkanes) is 4. The molecule has 0 amide bonds. The van der Waals surface area contributed by atoms with Gasteiger partial charge >= 0.3 is 0 Å². The number of hydrogen-bond donors (Lipinski definition) is 1. The predicted molar refractivity (Wildman–Crippen MR) is 65.7 cm³/mol. The summed E-state index contributed by atoms with van der Waals surface area (Å²) in [7, 11) is 0. The molecule has 1 N–H and O–H groups in total. The van der Waals surface area contributed by atoms with Crippen LogP contribution in [0.5, 0.6) is 0 Å². The fourth-order valence-corrected chi connectivity index (χ4v) is 1.84. The van der Waals surface area contributed by atoms with Gasteiger partial charge in [0.05, 0.1) is 0 Å². The molecule has 0 bridgehead atoms. The van der Waals surface area contributed by atoms with E-state index >= 15 is 0 Å². The van der Waals surface area contributed by atoms with Gasteiger partial charge in [0, 0.05) is 0 Å². The van der Waals surface area contributed by atoms with Gasteiger partial charge in [-0.25, -0.2) is 0 Å². The zero-order chi connectivity index (χ0) is 10.6. The summed E-state index contributed by atoms with van der Waals surface area (Å²) in [6.07, 6.45) is 9.85. The summed E-state index contributed by atoms with van der Waals surface area (Å²) in [5.41, 5.74) is 0. The Kier molecular flexibility index (Phi) is 11.0. The maximum Gasteiger partial charge on any atom is -0.00207 e. The number of nitrogens with one attached hydrogen (secondary N) is 1. The van der Waals surface area contributed by atoms with E-state index in [0.717, 1.165) is 12.5 Å². The van der Waals surface area contributed by atoms with Crippen LogP contribution in [0.3, 0.4) is 0 Å². The van der Waals surface area contributed by atoms with E-state index in [9.17, 15) is 0 Å². The summed E-state index contributed by atoms with van der Waals surface area (Å²) in [5.74, 6) is 0.913. The molecule has 0 saturated carbocycles. The van der Waals surface area contributed by atoms with Crippen molar-refractivity contribution in [2.75, 3.05) is 13.1 Å². The zero-order valence-corrected chi connectivity index (χ0v) is 10.4. The Morgan fingerprint density at radius 2 is 1.64 bits per heavy atom. The van der Waals surface area contributed by atoms with E-state index < -0.39 is 0 Å². The molecule has 0 heterocycles. The van der Waals surface area contributed by atoms with Gasteiger partial charge in [-0.05, 0) is 25.4 Å². The van der Waals surface area contributed by atoms with Gasteiger partial charge in [0.2, 0.25) is 0 Å². The van der Waals surface area contributed by atoms with Gasteiger partial charge in [0.1, 0.15) is 0 Å². The fourth-order valence-electron chi connectivity index (χ4n) is 1.84. The maximum absolute atomic E-state index is 3.45. The monoisotopic (exact) mass is 199 g/mol. The average molecular weight is 199 g/mol. The number of hydrogen-bond acceptors (Lipinski definition) is 1. The van der Waals surface area contributed by atoms with Crippen LogP contribution in [0, 0.1) is 5.92 Å². The Balaban J connectivity index is 3.24. The van der Waals surface area contributed by atoms with Crippen LogP contribution < -0.4 is 5.32 Å². The lowest BCUT2D eigenvalue weighted by atomic mass is 9.98. The van der Waals surface area contributed by atoms with Crippen LogP contribution in [-0.2, 0) is 0 Å². The fraction of sp³-hybridized carbons (Fsp3) is 1.00. The normalized spacial score (nSPS) is 13.1. The van der Waals surface area contributed by atoms with E-state index in [1.807, 2.05) is 0 Å². The Morgan fingerprint density at radius 1 is 0.929 bits per heavy atom. The van der Waals surface area contributed by atoms with Gasteiger partial charge < -0.3 is 5.32 Å². The van der Waals surface area contributed by atoms with Crippen molar-refractivity contribution in [2.45, 2.75) is 65.7 Å². The highest BCUT2D eigenvalue weighted by Gasteiger charge is 2.04. The molecule has 0 saturated heterocycles. The lowest BCUT2D eigenvalue weighted by Gasteiger charge is -2.14. The molecule has 1 unspecified atom stereocenters. The molecule has 0 aromatic rings. The molecule has 1 nitrogen and oxygen atoms in total. The summed E-state index contributed by atoms with van der Waals surface area (Å²) >= 11 is 0. The van der Waals surface area contributed by atoms with Crippen LogP contribution in [0.2, 0.25) is 0 Å². The smallest absolute Gasteiger partial charge is 0.00207 e. The minimum absolute atomic E-state index is 0.913. The van der Waals surface area contributed by atoms with Crippen molar-refractivity contribution in [3.63, 3.8) is 0 Å². The van der Waals surface area contributed by atoms with Crippen LogP contribution in [0.4, 0.5) is 0 Å². The van der Waals surface area contributed by atoms with E-state index in [4.69, 9.17) is 0 Å². The van der Waals surface area contributed by atoms with Gasteiger partial charge in [-0.3, -0.25) is 0 Å². The summed E-state index contributed by atoms with van der Waals surface area (Å²) in [5, 5.41) is 3.45. The third-order valence-electron chi connectivity index (χ3n) is 2.98. The molecule has 0 aliphatic rings. The van der Waals surface area contributed by atoms with Gasteiger partial charge in [0.15, 0.2) is 0 Å². The summed E-state index contributed by atoms with van der Waals surface area (Å²) in [4.78, 5) is 0. The lowest BCUT2D eigenvalue weighted by Crippen LogP contribution is -2.22. The second-order valence-corrected chi connectivity index (χ2v) is 4.28. The minimum atomic E-state index is 0.913. The number of rotatable bonds is 10. The van der Waals surface area contributed by atoms with Crippen LogP contribution in [0.25, 0.3) is 0 Å². The molecular weight excluding hydrogens is 170 g/mol. The molecule has 14 heavy (non-hydrogen) atoms. The summed E-state index contributed by atoms with van der Waals surface area (Å²) in [6.45, 7) is 9.12. The van der Waals surface area contributed by atoms with Crippen molar-refractivity contribution in [1.82, 2.24) is 5.32 Å². The zero-order valence-electron chi connectivity index (χ0n) is 10.4. The topological polar surface area (TPSA) is 12.0 Å². The Bertz CT molecular complexity index is 101. The van der Waals surface area contributed by atoms with Crippen molar-refractivity contribution in [3.05, 3.63) is 0 Å². The average Bonchev–Trinajstić information content (AvgIpc) is 2.22. The molecule has 0 aromatic heterocycles. The minimum Gasteiger partial charge on any atom is -0.317 e. The molecular formula is C13H29N. The highest BCUT2D eigenvalue weighted by Crippen LogP contribution is 2.13. The maximum atomic E-state index is 3.45. The molecule has 0 rings (SSSR count). The first-order valence-corrected chi connectivity index (χ1v) is 6.55.